The lowest BCUT2D eigenvalue weighted by Crippen LogP contribution is -2.38. The van der Waals surface area contributed by atoms with Crippen LogP contribution in [0.3, 0.4) is 0 Å². The molecule has 0 atom stereocenters. The zero-order chi connectivity index (χ0) is 21.8. The number of aliphatic imine (C=N–C) groups is 1. The third-order valence-electron chi connectivity index (χ3n) is 4.44. The van der Waals surface area contributed by atoms with Crippen LogP contribution in [0, 0.1) is 0 Å². The van der Waals surface area contributed by atoms with Crippen molar-refractivity contribution in [3.8, 4) is 0 Å². The zero-order valence-electron chi connectivity index (χ0n) is 18.5. The monoisotopic (exact) mass is 557 g/mol. The fourth-order valence-corrected chi connectivity index (χ4v) is 3.07. The molecule has 0 aliphatic carbocycles. The summed E-state index contributed by atoms with van der Waals surface area (Å²) < 4.78 is 0. The fraction of sp³-hybridized carbons (Fsp3) is 0.391. The van der Waals surface area contributed by atoms with Crippen molar-refractivity contribution >= 4 is 47.4 Å². The molecule has 2 aromatic rings. The van der Waals surface area contributed by atoms with E-state index in [1.54, 1.807) is 0 Å². The second kappa shape index (κ2) is 15.0. The van der Waals surface area contributed by atoms with Crippen LogP contribution in [0.15, 0.2) is 53.5 Å². The van der Waals surface area contributed by atoms with Gasteiger partial charge >= 0.3 is 0 Å². The van der Waals surface area contributed by atoms with Crippen LogP contribution in [0.2, 0.25) is 5.02 Å². The van der Waals surface area contributed by atoms with Crippen molar-refractivity contribution in [1.29, 1.82) is 0 Å². The normalized spacial score (nSPS) is 11.1. The van der Waals surface area contributed by atoms with Crippen LogP contribution in [-0.2, 0) is 13.0 Å². The van der Waals surface area contributed by atoms with Crippen molar-refractivity contribution < 1.29 is 4.79 Å². The number of benzene rings is 2. The van der Waals surface area contributed by atoms with Gasteiger partial charge < -0.3 is 20.9 Å². The topological polar surface area (TPSA) is 68.8 Å². The minimum atomic E-state index is -0.0625. The van der Waals surface area contributed by atoms with Gasteiger partial charge in [-0.25, -0.2) is 4.99 Å². The lowest BCUT2D eigenvalue weighted by molar-refractivity contribution is 0.0951. The first-order chi connectivity index (χ1) is 14.5. The van der Waals surface area contributed by atoms with Gasteiger partial charge in [-0.1, -0.05) is 41.9 Å². The lowest BCUT2D eigenvalue weighted by atomic mass is 10.1. The Morgan fingerprint density at radius 2 is 1.81 bits per heavy atom. The first-order valence-electron chi connectivity index (χ1n) is 10.3. The summed E-state index contributed by atoms with van der Waals surface area (Å²) in [5.74, 6) is 0.679. The van der Waals surface area contributed by atoms with E-state index < -0.39 is 0 Å². The van der Waals surface area contributed by atoms with E-state index >= 15 is 0 Å². The standard InChI is InChI=1S/C23H32ClN5O.HI/c1-4-25-23(27-13-12-19-9-5-6-11-21(19)24)28-17-18-8-7-10-20(16-18)22(30)26-14-15-29(2)3;/h5-11,16H,4,12-15,17H2,1-3H3,(H,26,30)(H2,25,27,28);1H. The number of nitrogens with zero attached hydrogens (tertiary/aromatic N) is 2. The number of hydrogen-bond donors (Lipinski definition) is 3. The van der Waals surface area contributed by atoms with Gasteiger partial charge in [-0.2, -0.15) is 0 Å². The molecule has 0 aromatic heterocycles. The highest BCUT2D eigenvalue weighted by Gasteiger charge is 2.06. The largest absolute Gasteiger partial charge is 0.357 e. The van der Waals surface area contributed by atoms with Gasteiger partial charge in [0.1, 0.15) is 0 Å². The molecule has 0 bridgehead atoms. The SMILES string of the molecule is CCNC(=NCc1cccc(C(=O)NCCN(C)C)c1)NCCc1ccccc1Cl.I. The maximum atomic E-state index is 12.3. The highest BCUT2D eigenvalue weighted by Crippen LogP contribution is 2.14. The molecule has 2 aromatic carbocycles. The molecule has 8 heteroatoms. The summed E-state index contributed by atoms with van der Waals surface area (Å²) in [7, 11) is 3.96. The van der Waals surface area contributed by atoms with Crippen molar-refractivity contribution in [1.82, 2.24) is 20.9 Å². The van der Waals surface area contributed by atoms with E-state index in [4.69, 9.17) is 11.6 Å². The van der Waals surface area contributed by atoms with Gasteiger partial charge in [0, 0.05) is 36.8 Å². The molecule has 3 N–H and O–H groups in total. The Morgan fingerprint density at radius 3 is 2.52 bits per heavy atom. The second-order valence-corrected chi connectivity index (χ2v) is 7.63. The van der Waals surface area contributed by atoms with Crippen LogP contribution in [0.5, 0.6) is 0 Å². The van der Waals surface area contributed by atoms with Crippen LogP contribution < -0.4 is 16.0 Å². The molecule has 0 saturated heterocycles. The van der Waals surface area contributed by atoms with Crippen LogP contribution in [0.25, 0.3) is 0 Å². The van der Waals surface area contributed by atoms with Crippen LogP contribution in [-0.4, -0.2) is 57.0 Å². The molecule has 0 saturated carbocycles. The number of carbonyl (C=O) groups excluding carboxylic acids is 1. The summed E-state index contributed by atoms with van der Waals surface area (Å²) in [6, 6.07) is 15.4. The average Bonchev–Trinajstić information content (AvgIpc) is 2.73. The van der Waals surface area contributed by atoms with Crippen molar-refractivity contribution in [2.75, 3.05) is 40.3 Å². The summed E-state index contributed by atoms with van der Waals surface area (Å²) >= 11 is 6.22. The van der Waals surface area contributed by atoms with Gasteiger partial charge in [0.2, 0.25) is 0 Å². The molecule has 0 fully saturated rings. The summed E-state index contributed by atoms with van der Waals surface area (Å²) in [4.78, 5) is 19.0. The third-order valence-corrected chi connectivity index (χ3v) is 4.81. The lowest BCUT2D eigenvalue weighted by Gasteiger charge is -2.12. The Balaban J connectivity index is 0.00000480. The van der Waals surface area contributed by atoms with E-state index in [-0.39, 0.29) is 29.9 Å². The molecule has 1 amide bonds. The molecule has 0 spiro atoms. The molecular weight excluding hydrogens is 525 g/mol. The molecule has 31 heavy (non-hydrogen) atoms. The van der Waals surface area contributed by atoms with Gasteiger partial charge in [0.15, 0.2) is 5.96 Å². The third kappa shape index (κ3) is 10.3. The van der Waals surface area contributed by atoms with E-state index in [2.05, 4.69) is 20.9 Å². The Bertz CT molecular complexity index is 844. The quantitative estimate of drug-likeness (QED) is 0.238. The van der Waals surface area contributed by atoms with Gasteiger partial charge in [0.05, 0.1) is 6.54 Å². The van der Waals surface area contributed by atoms with E-state index in [1.807, 2.05) is 74.4 Å². The van der Waals surface area contributed by atoms with Crippen molar-refractivity contribution in [3.05, 3.63) is 70.2 Å². The number of carbonyl (C=O) groups is 1. The van der Waals surface area contributed by atoms with Crippen molar-refractivity contribution in [3.63, 3.8) is 0 Å². The van der Waals surface area contributed by atoms with Gasteiger partial charge in [-0.3, -0.25) is 4.79 Å². The molecule has 0 aliphatic rings. The van der Waals surface area contributed by atoms with Crippen LogP contribution >= 0.6 is 35.6 Å². The molecule has 0 aliphatic heterocycles. The summed E-state index contributed by atoms with van der Waals surface area (Å²) in [6.45, 7) is 5.44. The first-order valence-corrected chi connectivity index (χ1v) is 10.6. The Labute approximate surface area is 207 Å². The number of guanidine groups is 1. The first kappa shape index (κ1) is 27.2. The van der Waals surface area contributed by atoms with E-state index in [0.717, 1.165) is 48.2 Å². The highest BCUT2D eigenvalue weighted by molar-refractivity contribution is 14.0. The fourth-order valence-electron chi connectivity index (χ4n) is 2.83. The highest BCUT2D eigenvalue weighted by atomic mass is 127. The predicted molar refractivity (Wildman–Crippen MR) is 141 cm³/mol. The summed E-state index contributed by atoms with van der Waals surface area (Å²) in [6.07, 6.45) is 0.812. The Morgan fingerprint density at radius 1 is 1.03 bits per heavy atom. The minimum absolute atomic E-state index is 0. The molecule has 0 heterocycles. The molecular formula is C23H33ClIN5O. The van der Waals surface area contributed by atoms with Crippen molar-refractivity contribution in [2.45, 2.75) is 19.9 Å². The smallest absolute Gasteiger partial charge is 0.251 e. The average molecular weight is 558 g/mol. The van der Waals surface area contributed by atoms with Gasteiger partial charge in [0.25, 0.3) is 5.91 Å². The van der Waals surface area contributed by atoms with Crippen LogP contribution in [0.4, 0.5) is 0 Å². The van der Waals surface area contributed by atoms with E-state index in [0.29, 0.717) is 18.7 Å². The van der Waals surface area contributed by atoms with Gasteiger partial charge in [-0.15, -0.1) is 24.0 Å². The number of nitrogens with one attached hydrogen (secondary N) is 3. The number of hydrogen-bond acceptors (Lipinski definition) is 3. The number of amides is 1. The second-order valence-electron chi connectivity index (χ2n) is 7.22. The summed E-state index contributed by atoms with van der Waals surface area (Å²) in [5.41, 5.74) is 2.74. The van der Waals surface area contributed by atoms with E-state index in [9.17, 15) is 4.79 Å². The summed E-state index contributed by atoms with van der Waals surface area (Å²) in [5, 5.41) is 10.3. The van der Waals surface area contributed by atoms with E-state index in [1.165, 1.54) is 0 Å². The number of halogens is 2. The minimum Gasteiger partial charge on any atom is -0.357 e. The Hall–Kier alpha value is -1.84. The van der Waals surface area contributed by atoms with Crippen molar-refractivity contribution in [2.24, 2.45) is 4.99 Å². The Kier molecular flexibility index (Phi) is 13.2. The van der Waals surface area contributed by atoms with Crippen LogP contribution in [0.1, 0.15) is 28.4 Å². The maximum Gasteiger partial charge on any atom is 0.251 e. The zero-order valence-corrected chi connectivity index (χ0v) is 21.5. The molecule has 2 rings (SSSR count). The molecule has 0 radical (unpaired) electrons. The molecule has 170 valence electrons. The number of likely N-dealkylation sites (N-methyl/N-ethyl adjacent to an activating group) is 1. The predicted octanol–water partition coefficient (Wildman–Crippen LogP) is 3.55. The molecule has 6 nitrogen and oxygen atoms in total. The van der Waals surface area contributed by atoms with Gasteiger partial charge in [-0.05, 0) is 56.8 Å². The number of rotatable bonds is 10. The molecule has 0 unspecified atom stereocenters. The maximum absolute atomic E-state index is 12.3.